The van der Waals surface area contributed by atoms with Crippen LogP contribution in [0.4, 0.5) is 8.78 Å². The molecule has 5 rings (SSSR count). The zero-order valence-electron chi connectivity index (χ0n) is 18.4. The number of nitrogens with zero attached hydrogens (tertiary/aromatic N) is 5. The molecule has 3 heterocycles. The Bertz CT molecular complexity index is 1340. The van der Waals surface area contributed by atoms with Crippen LogP contribution in [-0.2, 0) is 6.54 Å². The van der Waals surface area contributed by atoms with E-state index in [1.54, 1.807) is 19.5 Å². The van der Waals surface area contributed by atoms with Crippen LogP contribution in [0.5, 0.6) is 5.75 Å². The third-order valence-corrected chi connectivity index (χ3v) is 5.86. The van der Waals surface area contributed by atoms with Crippen molar-refractivity contribution in [2.45, 2.75) is 32.2 Å². The van der Waals surface area contributed by atoms with Gasteiger partial charge in [0, 0.05) is 18.7 Å². The lowest BCUT2D eigenvalue weighted by Gasteiger charge is -2.22. The summed E-state index contributed by atoms with van der Waals surface area (Å²) in [6.45, 7) is 2.69. The fourth-order valence-corrected chi connectivity index (χ4v) is 4.22. The third kappa shape index (κ3) is 4.16. The van der Waals surface area contributed by atoms with Crippen molar-refractivity contribution < 1.29 is 13.5 Å². The molecule has 1 atom stereocenters. The number of aromatic nitrogens is 5. The number of imidazole rings is 1. The SMILES string of the molecule is COc1cc(/C=C/c2nc3n(n2)CCC[C@H]3c2ccc(F)c(F)c2)ccc1-n1cnc(C)c1. The van der Waals surface area contributed by atoms with E-state index in [0.717, 1.165) is 47.9 Å². The first-order valence-corrected chi connectivity index (χ1v) is 10.8. The summed E-state index contributed by atoms with van der Waals surface area (Å²) < 4.78 is 36.5. The van der Waals surface area contributed by atoms with Gasteiger partial charge in [0.2, 0.25) is 0 Å². The van der Waals surface area contributed by atoms with E-state index in [-0.39, 0.29) is 5.92 Å². The lowest BCUT2D eigenvalue weighted by molar-refractivity contribution is 0.413. The van der Waals surface area contributed by atoms with Gasteiger partial charge in [-0.3, -0.25) is 0 Å². The van der Waals surface area contributed by atoms with Crippen LogP contribution in [0.15, 0.2) is 48.9 Å². The maximum Gasteiger partial charge on any atom is 0.174 e. The number of methoxy groups -OCH3 is 1. The minimum atomic E-state index is -0.843. The summed E-state index contributed by atoms with van der Waals surface area (Å²) in [4.78, 5) is 8.96. The highest BCUT2D eigenvalue weighted by molar-refractivity contribution is 5.69. The number of rotatable bonds is 5. The smallest absolute Gasteiger partial charge is 0.174 e. The second kappa shape index (κ2) is 8.61. The van der Waals surface area contributed by atoms with E-state index in [9.17, 15) is 8.78 Å². The van der Waals surface area contributed by atoms with Crippen molar-refractivity contribution in [1.82, 2.24) is 24.3 Å². The number of halogens is 2. The number of benzene rings is 2. The molecule has 168 valence electrons. The Balaban J connectivity index is 1.41. The van der Waals surface area contributed by atoms with Crippen LogP contribution in [0.1, 0.15) is 47.2 Å². The molecular formula is C25H23F2N5O. The van der Waals surface area contributed by atoms with Crippen LogP contribution in [0.2, 0.25) is 0 Å². The lowest BCUT2D eigenvalue weighted by Crippen LogP contribution is -2.18. The number of hydrogen-bond donors (Lipinski definition) is 0. The largest absolute Gasteiger partial charge is 0.495 e. The molecular weight excluding hydrogens is 424 g/mol. The van der Waals surface area contributed by atoms with Crippen LogP contribution >= 0.6 is 0 Å². The Morgan fingerprint density at radius 1 is 1.09 bits per heavy atom. The highest BCUT2D eigenvalue weighted by atomic mass is 19.2. The van der Waals surface area contributed by atoms with Gasteiger partial charge in [0.05, 0.1) is 24.8 Å². The molecule has 0 bridgehead atoms. The van der Waals surface area contributed by atoms with Crippen LogP contribution in [0.25, 0.3) is 17.8 Å². The minimum absolute atomic E-state index is 0.110. The second-order valence-corrected chi connectivity index (χ2v) is 8.11. The predicted octanol–water partition coefficient (Wildman–Crippen LogP) is 5.16. The van der Waals surface area contributed by atoms with E-state index in [0.29, 0.717) is 11.4 Å². The fraction of sp³-hybridized carbons (Fsp3) is 0.240. The highest BCUT2D eigenvalue weighted by Crippen LogP contribution is 2.33. The molecule has 0 fully saturated rings. The van der Waals surface area contributed by atoms with Gasteiger partial charge >= 0.3 is 0 Å². The average Bonchev–Trinajstić information content (AvgIpc) is 3.45. The molecule has 0 unspecified atom stereocenters. The summed E-state index contributed by atoms with van der Waals surface area (Å²) in [6, 6.07) is 9.96. The molecule has 0 spiro atoms. The number of hydrogen-bond acceptors (Lipinski definition) is 4. The maximum atomic E-state index is 13.8. The van der Waals surface area contributed by atoms with Gasteiger partial charge in [-0.15, -0.1) is 0 Å². The summed E-state index contributed by atoms with van der Waals surface area (Å²) >= 11 is 0. The van der Waals surface area contributed by atoms with Crippen LogP contribution in [-0.4, -0.2) is 31.4 Å². The molecule has 0 amide bonds. The third-order valence-electron chi connectivity index (χ3n) is 5.86. The molecule has 1 aliphatic rings. The highest BCUT2D eigenvalue weighted by Gasteiger charge is 2.26. The molecule has 0 radical (unpaired) electrons. The zero-order valence-corrected chi connectivity index (χ0v) is 18.4. The summed E-state index contributed by atoms with van der Waals surface area (Å²) in [7, 11) is 1.64. The number of fused-ring (bicyclic) bond motifs is 1. The van der Waals surface area contributed by atoms with Crippen molar-refractivity contribution in [2.75, 3.05) is 7.11 Å². The van der Waals surface area contributed by atoms with Crippen LogP contribution in [0.3, 0.4) is 0 Å². The Morgan fingerprint density at radius 2 is 1.97 bits per heavy atom. The molecule has 8 heteroatoms. The molecule has 2 aromatic heterocycles. The summed E-state index contributed by atoms with van der Waals surface area (Å²) in [5.74, 6) is 0.284. The summed E-state index contributed by atoms with van der Waals surface area (Å²) in [5.41, 5.74) is 3.49. The van der Waals surface area contributed by atoms with Crippen LogP contribution < -0.4 is 4.74 Å². The summed E-state index contributed by atoms with van der Waals surface area (Å²) in [5, 5.41) is 4.60. The van der Waals surface area contributed by atoms with Crippen molar-refractivity contribution in [2.24, 2.45) is 0 Å². The lowest BCUT2D eigenvalue weighted by atomic mass is 9.91. The van der Waals surface area contributed by atoms with Gasteiger partial charge in [-0.05, 0) is 61.2 Å². The molecule has 0 saturated carbocycles. The van der Waals surface area contributed by atoms with Gasteiger partial charge in [0.1, 0.15) is 11.6 Å². The Hall–Kier alpha value is -3.81. The van der Waals surface area contributed by atoms with Crippen molar-refractivity contribution in [3.8, 4) is 11.4 Å². The van der Waals surface area contributed by atoms with Gasteiger partial charge in [-0.1, -0.05) is 18.2 Å². The Morgan fingerprint density at radius 3 is 2.73 bits per heavy atom. The van der Waals surface area contributed by atoms with E-state index in [1.165, 1.54) is 12.1 Å². The molecule has 2 aromatic carbocycles. The molecule has 4 aromatic rings. The topological polar surface area (TPSA) is 57.8 Å². The molecule has 6 nitrogen and oxygen atoms in total. The Kier molecular flexibility index (Phi) is 5.50. The van der Waals surface area contributed by atoms with Gasteiger partial charge in [0.15, 0.2) is 17.5 Å². The van der Waals surface area contributed by atoms with Gasteiger partial charge in [-0.25, -0.2) is 23.4 Å². The maximum absolute atomic E-state index is 13.8. The molecule has 1 aliphatic heterocycles. The van der Waals surface area contributed by atoms with E-state index >= 15 is 0 Å². The molecule has 0 saturated heterocycles. The van der Waals surface area contributed by atoms with Gasteiger partial charge < -0.3 is 9.30 Å². The van der Waals surface area contributed by atoms with E-state index in [4.69, 9.17) is 9.72 Å². The number of ether oxygens (including phenoxy) is 1. The van der Waals surface area contributed by atoms with E-state index < -0.39 is 11.6 Å². The van der Waals surface area contributed by atoms with Crippen LogP contribution in [0, 0.1) is 18.6 Å². The molecule has 0 N–H and O–H groups in total. The first-order valence-electron chi connectivity index (χ1n) is 10.8. The predicted molar refractivity (Wildman–Crippen MR) is 121 cm³/mol. The number of aryl methyl sites for hydroxylation is 2. The monoisotopic (exact) mass is 447 g/mol. The molecule has 0 aliphatic carbocycles. The zero-order chi connectivity index (χ0) is 22.9. The van der Waals surface area contributed by atoms with Gasteiger partial charge in [0.25, 0.3) is 0 Å². The second-order valence-electron chi connectivity index (χ2n) is 8.11. The van der Waals surface area contributed by atoms with Crippen molar-refractivity contribution in [3.05, 3.63) is 89.0 Å². The normalized spacial score (nSPS) is 15.7. The molecule has 33 heavy (non-hydrogen) atoms. The van der Waals surface area contributed by atoms with Gasteiger partial charge in [-0.2, -0.15) is 5.10 Å². The van der Waals surface area contributed by atoms with E-state index in [2.05, 4.69) is 10.1 Å². The van der Waals surface area contributed by atoms with Crippen molar-refractivity contribution >= 4 is 12.2 Å². The first kappa shape index (κ1) is 21.1. The van der Waals surface area contributed by atoms with E-state index in [1.807, 2.05) is 52.7 Å². The Labute approximate surface area is 190 Å². The quantitative estimate of drug-likeness (QED) is 0.424. The minimum Gasteiger partial charge on any atom is -0.495 e. The first-order chi connectivity index (χ1) is 16.0. The fourth-order valence-electron chi connectivity index (χ4n) is 4.22. The van der Waals surface area contributed by atoms with Crippen molar-refractivity contribution in [3.63, 3.8) is 0 Å². The average molecular weight is 447 g/mol. The standard InChI is InChI=1S/C25H23F2N5O/c1-16-14-31(15-28-16)22-9-5-17(12-23(22)33-2)6-10-24-29-25-19(4-3-11-32(25)30-24)18-7-8-20(26)21(27)13-18/h5-10,12-15,19H,3-4,11H2,1-2H3/b10-6+/t19-/m0/s1. The van der Waals surface area contributed by atoms with Crippen molar-refractivity contribution in [1.29, 1.82) is 0 Å². The summed E-state index contributed by atoms with van der Waals surface area (Å²) in [6.07, 6.45) is 9.19.